The van der Waals surface area contributed by atoms with Gasteiger partial charge in [-0.05, 0) is 12.1 Å². The molecule has 0 aliphatic carbocycles. The third-order valence-corrected chi connectivity index (χ3v) is 2.38. The monoisotopic (exact) mass is 227 g/mol. The first kappa shape index (κ1) is 5.82. The third-order valence-electron chi connectivity index (χ3n) is 2.38. The third kappa shape index (κ3) is 1.74. The molecule has 0 saturated carbocycles. The highest BCUT2D eigenvalue weighted by Crippen LogP contribution is 2.21. The predicted octanol–water partition coefficient (Wildman–Crippen LogP) is 3.46. The van der Waals surface area contributed by atoms with Gasteiger partial charge >= 0.3 is 0 Å². The zero-order chi connectivity index (χ0) is 16.0. The van der Waals surface area contributed by atoms with Crippen molar-refractivity contribution in [1.82, 2.24) is 0 Å². The number of fused-ring (bicyclic) bond motifs is 1. The van der Waals surface area contributed by atoms with Crippen LogP contribution in [-0.4, -0.2) is 0 Å². The number of para-hydroxylation sites is 1. The molecule has 0 amide bonds. The van der Waals surface area contributed by atoms with E-state index in [9.17, 15) is 4.79 Å². The van der Waals surface area contributed by atoms with Gasteiger partial charge in [0.05, 0.1) is 12.2 Å². The smallest absolute Gasteiger partial charge is 0.193 e. The van der Waals surface area contributed by atoms with Crippen LogP contribution < -0.4 is 5.43 Å². The van der Waals surface area contributed by atoms with E-state index in [1.165, 1.54) is 0 Å². The Morgan fingerprint density at radius 1 is 1.06 bits per heavy atom. The van der Waals surface area contributed by atoms with Crippen molar-refractivity contribution >= 4 is 11.0 Å². The first-order valence-corrected chi connectivity index (χ1v) is 5.02. The molecule has 0 N–H and O–H groups in total. The van der Waals surface area contributed by atoms with Crippen LogP contribution in [0.25, 0.3) is 22.3 Å². The Kier molecular flexibility index (Phi) is 1.34. The van der Waals surface area contributed by atoms with Crippen LogP contribution in [0.3, 0.4) is 0 Å². The predicted molar refractivity (Wildman–Crippen MR) is 67.9 cm³/mol. The highest BCUT2D eigenvalue weighted by molar-refractivity contribution is 5.78. The molecule has 17 heavy (non-hydrogen) atoms. The van der Waals surface area contributed by atoms with Crippen molar-refractivity contribution in [2.45, 2.75) is 0 Å². The van der Waals surface area contributed by atoms with Crippen LogP contribution in [0.15, 0.2) is 69.8 Å². The molecule has 1 heterocycles. The second-order valence-corrected chi connectivity index (χ2v) is 3.47. The summed E-state index contributed by atoms with van der Waals surface area (Å²) < 4.78 is 44.3. The molecule has 0 fully saturated rings. The first-order chi connectivity index (χ1) is 10.4. The maximum atomic E-state index is 12.1. The molecular formula is C15H10O2. The van der Waals surface area contributed by atoms with Gasteiger partial charge < -0.3 is 4.42 Å². The maximum absolute atomic E-state index is 12.1. The van der Waals surface area contributed by atoms with Gasteiger partial charge in [0.1, 0.15) is 11.3 Å². The van der Waals surface area contributed by atoms with E-state index in [2.05, 4.69) is 0 Å². The lowest BCUT2D eigenvalue weighted by Gasteiger charge is -2.02. The fourth-order valence-electron chi connectivity index (χ4n) is 1.60. The van der Waals surface area contributed by atoms with Crippen molar-refractivity contribution in [1.29, 1.82) is 0 Å². The fraction of sp³-hybridized carbons (Fsp3) is 0. The standard InChI is InChI=1S/C15H10O2/c16-13-10-15(11-6-2-1-3-7-11)17-14-9-5-4-8-12(13)14/h1-10H/i1D,2D,3D,6D,7D. The second kappa shape index (κ2) is 3.91. The van der Waals surface area contributed by atoms with Crippen molar-refractivity contribution in [3.05, 3.63) is 70.8 Å². The molecule has 0 atom stereocenters. The minimum Gasteiger partial charge on any atom is -0.456 e. The average molecular weight is 227 g/mol. The molecule has 3 aromatic rings. The van der Waals surface area contributed by atoms with Crippen LogP contribution >= 0.6 is 0 Å². The van der Waals surface area contributed by atoms with Crippen LogP contribution in [0.4, 0.5) is 0 Å². The molecule has 0 spiro atoms. The topological polar surface area (TPSA) is 30.2 Å². The molecule has 0 radical (unpaired) electrons. The van der Waals surface area contributed by atoms with E-state index < -0.39 is 30.2 Å². The molecule has 82 valence electrons. The van der Waals surface area contributed by atoms with E-state index in [0.29, 0.717) is 11.0 Å². The summed E-state index contributed by atoms with van der Waals surface area (Å²) in [4.78, 5) is 12.1. The summed E-state index contributed by atoms with van der Waals surface area (Å²) in [6, 6.07) is 5.52. The summed E-state index contributed by atoms with van der Waals surface area (Å²) >= 11 is 0. The Morgan fingerprint density at radius 2 is 1.82 bits per heavy atom. The van der Waals surface area contributed by atoms with Gasteiger partial charge in [-0.2, -0.15) is 0 Å². The molecule has 2 aromatic carbocycles. The van der Waals surface area contributed by atoms with Gasteiger partial charge in [-0.3, -0.25) is 4.79 Å². The van der Waals surface area contributed by atoms with E-state index in [1.54, 1.807) is 24.3 Å². The molecular weight excluding hydrogens is 212 g/mol. The number of hydrogen-bond donors (Lipinski definition) is 0. The van der Waals surface area contributed by atoms with E-state index in [1.807, 2.05) is 0 Å². The lowest BCUT2D eigenvalue weighted by Crippen LogP contribution is -1.99. The van der Waals surface area contributed by atoms with Crippen molar-refractivity contribution in [3.8, 4) is 11.3 Å². The van der Waals surface area contributed by atoms with Gasteiger partial charge in [-0.1, -0.05) is 42.3 Å². The molecule has 2 heteroatoms. The summed E-state index contributed by atoms with van der Waals surface area (Å²) in [5.74, 6) is -0.0410. The molecule has 0 unspecified atom stereocenters. The van der Waals surface area contributed by atoms with Crippen LogP contribution in [0.2, 0.25) is 0 Å². The molecule has 1 aromatic heterocycles. The van der Waals surface area contributed by atoms with Crippen molar-refractivity contribution < 1.29 is 11.3 Å². The van der Waals surface area contributed by atoms with Crippen molar-refractivity contribution in [2.24, 2.45) is 0 Å². The maximum Gasteiger partial charge on any atom is 0.193 e. The Bertz CT molecular complexity index is 933. The molecule has 2 nitrogen and oxygen atoms in total. The number of hydrogen-bond acceptors (Lipinski definition) is 2. The van der Waals surface area contributed by atoms with E-state index in [-0.39, 0.29) is 16.8 Å². The zero-order valence-corrected chi connectivity index (χ0v) is 8.70. The normalized spacial score (nSPS) is 14.7. The molecule has 3 rings (SSSR count). The van der Waals surface area contributed by atoms with Crippen LogP contribution in [0.1, 0.15) is 6.85 Å². The van der Waals surface area contributed by atoms with Gasteiger partial charge in [0.2, 0.25) is 0 Å². The van der Waals surface area contributed by atoms with Crippen molar-refractivity contribution in [2.75, 3.05) is 0 Å². The highest BCUT2D eigenvalue weighted by atomic mass is 16.3. The Hall–Kier alpha value is -2.35. The van der Waals surface area contributed by atoms with Gasteiger partial charge in [0.25, 0.3) is 0 Å². The Balaban J connectivity index is 2.40. The van der Waals surface area contributed by atoms with Gasteiger partial charge in [-0.15, -0.1) is 0 Å². The summed E-state index contributed by atoms with van der Waals surface area (Å²) in [5.41, 5.74) is -0.144. The highest BCUT2D eigenvalue weighted by Gasteiger charge is 2.05. The van der Waals surface area contributed by atoms with E-state index in [0.717, 1.165) is 6.07 Å². The molecule has 0 aliphatic heterocycles. The van der Waals surface area contributed by atoms with E-state index >= 15 is 0 Å². The number of benzene rings is 2. The van der Waals surface area contributed by atoms with Gasteiger partial charge in [0.15, 0.2) is 5.43 Å². The summed E-state index contributed by atoms with van der Waals surface area (Å²) in [5, 5.41) is 0.374. The fourth-order valence-corrected chi connectivity index (χ4v) is 1.60. The van der Waals surface area contributed by atoms with Gasteiger partial charge in [0, 0.05) is 11.6 Å². The van der Waals surface area contributed by atoms with Crippen LogP contribution in [-0.2, 0) is 0 Å². The zero-order valence-electron chi connectivity index (χ0n) is 13.7. The Labute approximate surface area is 105 Å². The lowest BCUT2D eigenvalue weighted by atomic mass is 10.1. The SMILES string of the molecule is [2H]c1c([2H])c([2H])c(-c2cc(=O)c3ccccc3o2)c([2H])c1[2H]. The summed E-state index contributed by atoms with van der Waals surface area (Å²) in [6.45, 7) is 0. The number of rotatable bonds is 1. The van der Waals surface area contributed by atoms with Crippen LogP contribution in [0, 0.1) is 0 Å². The summed E-state index contributed by atoms with van der Waals surface area (Å²) in [7, 11) is 0. The van der Waals surface area contributed by atoms with Crippen molar-refractivity contribution in [3.63, 3.8) is 0 Å². The summed E-state index contributed by atoms with van der Waals surface area (Å²) in [6.07, 6.45) is 0. The molecule has 0 aliphatic rings. The van der Waals surface area contributed by atoms with Gasteiger partial charge in [-0.25, -0.2) is 0 Å². The minimum atomic E-state index is -0.484. The largest absolute Gasteiger partial charge is 0.456 e. The first-order valence-electron chi connectivity index (χ1n) is 7.52. The quantitative estimate of drug-likeness (QED) is 0.637. The lowest BCUT2D eigenvalue weighted by molar-refractivity contribution is 0.619. The second-order valence-electron chi connectivity index (χ2n) is 3.47. The van der Waals surface area contributed by atoms with E-state index in [4.69, 9.17) is 11.3 Å². The van der Waals surface area contributed by atoms with Crippen LogP contribution in [0.5, 0.6) is 0 Å². The average Bonchev–Trinajstić information content (AvgIpc) is 2.51. The molecule has 0 bridgehead atoms. The minimum absolute atomic E-state index is 0.0410. The molecule has 0 saturated heterocycles. The Morgan fingerprint density at radius 3 is 2.65 bits per heavy atom.